The van der Waals surface area contributed by atoms with Crippen molar-refractivity contribution in [3.63, 3.8) is 0 Å². The molecule has 0 saturated heterocycles. The fourth-order valence-corrected chi connectivity index (χ4v) is 4.09. The number of hydrogen-bond donors (Lipinski definition) is 0. The molecule has 29 heavy (non-hydrogen) atoms. The van der Waals surface area contributed by atoms with E-state index in [4.69, 9.17) is 11.2 Å². The van der Waals surface area contributed by atoms with Crippen LogP contribution in [0.15, 0.2) is 70.8 Å². The van der Waals surface area contributed by atoms with Crippen LogP contribution in [-0.4, -0.2) is 22.5 Å². The maximum absolute atomic E-state index is 13.2. The number of fused-ring (bicyclic) bond motifs is 1. The maximum Gasteiger partial charge on any atom is 0.283 e. The van der Waals surface area contributed by atoms with Crippen molar-refractivity contribution in [2.75, 3.05) is 6.61 Å². The smallest absolute Gasteiger partial charge is 0.283 e. The Bertz CT molecular complexity index is 1300. The molecule has 0 N–H and O–H groups in total. The van der Waals surface area contributed by atoms with Gasteiger partial charge in [0, 0.05) is 16.0 Å². The van der Waals surface area contributed by atoms with Crippen molar-refractivity contribution in [3.05, 3.63) is 81.7 Å². The van der Waals surface area contributed by atoms with Crippen LogP contribution in [-0.2, 0) is 0 Å². The van der Waals surface area contributed by atoms with Crippen molar-refractivity contribution in [3.8, 4) is 29.2 Å². The van der Waals surface area contributed by atoms with Crippen LogP contribution in [0.1, 0.15) is 10.4 Å². The largest absolute Gasteiger partial charge is 0.480 e. The molecule has 0 fully saturated rings. The second kappa shape index (κ2) is 8.13. The lowest BCUT2D eigenvalue weighted by Gasteiger charge is -2.06. The third-order valence-corrected chi connectivity index (χ3v) is 5.40. The van der Waals surface area contributed by atoms with Crippen LogP contribution in [0.2, 0.25) is 0 Å². The normalized spacial score (nSPS) is 11.0. The van der Waals surface area contributed by atoms with E-state index in [1.165, 1.54) is 22.3 Å². The molecule has 0 aliphatic rings. The second-order valence-electron chi connectivity index (χ2n) is 6.25. The number of para-hydroxylation sites is 1. The summed E-state index contributed by atoms with van der Waals surface area (Å²) in [4.78, 5) is 19.4. The van der Waals surface area contributed by atoms with Crippen LogP contribution in [0.5, 0.6) is 5.75 Å². The Morgan fingerprint density at radius 1 is 1.21 bits per heavy atom. The van der Waals surface area contributed by atoms with Gasteiger partial charge in [0.15, 0.2) is 0 Å². The van der Waals surface area contributed by atoms with Crippen LogP contribution < -0.4 is 10.3 Å². The highest BCUT2D eigenvalue weighted by molar-refractivity contribution is 7.19. The third kappa shape index (κ3) is 3.68. The van der Waals surface area contributed by atoms with Gasteiger partial charge in [0.05, 0.1) is 11.6 Å². The number of ether oxygens (including phenoxy) is 1. The van der Waals surface area contributed by atoms with Crippen molar-refractivity contribution in [1.29, 1.82) is 0 Å². The molecule has 4 rings (SSSR count). The van der Waals surface area contributed by atoms with E-state index < -0.39 is 0 Å². The summed E-state index contributed by atoms with van der Waals surface area (Å²) in [6, 6.07) is 17.2. The van der Waals surface area contributed by atoms with Crippen molar-refractivity contribution < 1.29 is 4.74 Å². The summed E-state index contributed by atoms with van der Waals surface area (Å²) in [5.41, 5.74) is 2.41. The van der Waals surface area contributed by atoms with E-state index in [2.05, 4.69) is 16.0 Å². The lowest BCUT2D eigenvalue weighted by molar-refractivity contribution is 0.370. The number of aromatic nitrogens is 2. The topological polar surface area (TPSA) is 56.5 Å². The molecule has 4 aromatic rings. The van der Waals surface area contributed by atoms with Gasteiger partial charge in [-0.15, -0.1) is 17.8 Å². The van der Waals surface area contributed by atoms with Gasteiger partial charge in [-0.2, -0.15) is 9.78 Å². The van der Waals surface area contributed by atoms with E-state index in [9.17, 15) is 4.79 Å². The Morgan fingerprint density at radius 2 is 1.97 bits per heavy atom. The Hall–Kier alpha value is -3.69. The molecule has 6 heteroatoms. The third-order valence-electron chi connectivity index (χ3n) is 4.39. The minimum Gasteiger partial charge on any atom is -0.480 e. The number of thiophene rings is 1. The molecule has 0 atom stereocenters. The van der Waals surface area contributed by atoms with Gasteiger partial charge < -0.3 is 4.74 Å². The zero-order valence-corrected chi connectivity index (χ0v) is 16.5. The minimum absolute atomic E-state index is 0.160. The van der Waals surface area contributed by atoms with E-state index in [0.717, 1.165) is 21.6 Å². The molecule has 0 radical (unpaired) electrons. The quantitative estimate of drug-likeness (QED) is 0.371. The highest BCUT2D eigenvalue weighted by atomic mass is 32.1. The number of benzene rings is 2. The first-order valence-corrected chi connectivity index (χ1v) is 9.76. The van der Waals surface area contributed by atoms with E-state index in [0.29, 0.717) is 16.0 Å². The van der Waals surface area contributed by atoms with Crippen LogP contribution in [0, 0.1) is 19.3 Å². The van der Waals surface area contributed by atoms with E-state index in [-0.39, 0.29) is 12.2 Å². The molecule has 0 aliphatic heterocycles. The van der Waals surface area contributed by atoms with Gasteiger partial charge >= 0.3 is 0 Å². The van der Waals surface area contributed by atoms with E-state index in [1.54, 1.807) is 12.3 Å². The second-order valence-corrected chi connectivity index (χ2v) is 7.45. The van der Waals surface area contributed by atoms with Crippen molar-refractivity contribution in [2.45, 2.75) is 6.92 Å². The van der Waals surface area contributed by atoms with Crippen LogP contribution in [0.4, 0.5) is 0 Å². The Labute approximate surface area is 171 Å². The molecule has 0 amide bonds. The summed E-state index contributed by atoms with van der Waals surface area (Å²) in [7, 11) is 0. The van der Waals surface area contributed by atoms with Crippen molar-refractivity contribution in [1.82, 2.24) is 9.66 Å². The first kappa shape index (κ1) is 18.7. The average Bonchev–Trinajstić information content (AvgIpc) is 3.09. The Kier molecular flexibility index (Phi) is 5.23. The van der Waals surface area contributed by atoms with Gasteiger partial charge in [-0.25, -0.2) is 4.98 Å². The summed E-state index contributed by atoms with van der Waals surface area (Å²) in [5, 5.41) is 4.91. The molecule has 2 aromatic heterocycles. The molecule has 0 spiro atoms. The van der Waals surface area contributed by atoms with Crippen LogP contribution in [0.3, 0.4) is 0 Å². The molecule has 0 unspecified atom stereocenters. The zero-order valence-electron chi connectivity index (χ0n) is 15.7. The van der Waals surface area contributed by atoms with Crippen LogP contribution >= 0.6 is 11.3 Å². The first-order chi connectivity index (χ1) is 14.2. The van der Waals surface area contributed by atoms with Gasteiger partial charge in [0.25, 0.3) is 5.56 Å². The summed E-state index contributed by atoms with van der Waals surface area (Å²) >= 11 is 1.51. The number of nitrogens with zero attached hydrogens (tertiary/aromatic N) is 3. The maximum atomic E-state index is 13.2. The van der Waals surface area contributed by atoms with Gasteiger partial charge in [0.1, 0.15) is 23.5 Å². The highest BCUT2D eigenvalue weighted by Gasteiger charge is 2.16. The summed E-state index contributed by atoms with van der Waals surface area (Å²) in [6.07, 6.45) is 8.28. The minimum atomic E-state index is -0.212. The lowest BCUT2D eigenvalue weighted by Crippen LogP contribution is -2.17. The van der Waals surface area contributed by atoms with Gasteiger partial charge in [-0.05, 0) is 24.6 Å². The monoisotopic (exact) mass is 399 g/mol. The average molecular weight is 399 g/mol. The molecule has 2 heterocycles. The van der Waals surface area contributed by atoms with E-state index in [1.807, 2.05) is 55.5 Å². The molecule has 0 bridgehead atoms. The highest BCUT2D eigenvalue weighted by Crippen LogP contribution is 2.35. The number of hydrogen-bond acceptors (Lipinski definition) is 5. The molecular weight excluding hydrogens is 382 g/mol. The van der Waals surface area contributed by atoms with Gasteiger partial charge in [-0.1, -0.05) is 48.4 Å². The predicted octanol–water partition coefficient (Wildman–Crippen LogP) is 4.33. The molecule has 142 valence electrons. The summed E-state index contributed by atoms with van der Waals surface area (Å²) in [5.74, 6) is 3.04. The predicted molar refractivity (Wildman–Crippen MR) is 118 cm³/mol. The molecule has 0 saturated carbocycles. The standard InChI is InChI=1S/C23H17N3O2S/c1-3-13-28-19-12-8-7-11-18(19)14-25-26-15-24-22-21(23(26)27)20(16(2)29-22)17-9-5-4-6-10-17/h1,4-12,14-15H,13H2,2H3/b25-14-. The Morgan fingerprint density at radius 3 is 2.76 bits per heavy atom. The van der Waals surface area contributed by atoms with Gasteiger partial charge in [-0.3, -0.25) is 4.79 Å². The van der Waals surface area contributed by atoms with Crippen molar-refractivity contribution in [2.24, 2.45) is 5.10 Å². The van der Waals surface area contributed by atoms with Crippen molar-refractivity contribution >= 4 is 27.8 Å². The SMILES string of the molecule is C#CCOc1ccccc1/C=N\n1cnc2sc(C)c(-c3ccccc3)c2c1=O. The van der Waals surface area contributed by atoms with E-state index >= 15 is 0 Å². The number of rotatable bonds is 5. The first-order valence-electron chi connectivity index (χ1n) is 8.95. The summed E-state index contributed by atoms with van der Waals surface area (Å²) in [6.45, 7) is 2.16. The fourth-order valence-electron chi connectivity index (χ4n) is 3.09. The summed E-state index contributed by atoms with van der Waals surface area (Å²) < 4.78 is 6.78. The number of terminal acetylenes is 1. The van der Waals surface area contributed by atoms with Crippen LogP contribution in [0.25, 0.3) is 21.3 Å². The molecule has 2 aromatic carbocycles. The fraction of sp³-hybridized carbons (Fsp3) is 0.0870. The molecule has 5 nitrogen and oxygen atoms in total. The molecular formula is C23H17N3O2S. The lowest BCUT2D eigenvalue weighted by atomic mass is 10.0. The van der Waals surface area contributed by atoms with Gasteiger partial charge in [0.2, 0.25) is 0 Å². The molecule has 0 aliphatic carbocycles. The zero-order chi connectivity index (χ0) is 20.2. The Balaban J connectivity index is 1.79. The number of aryl methyl sites for hydroxylation is 1.